The van der Waals surface area contributed by atoms with Crippen molar-refractivity contribution in [1.82, 2.24) is 0 Å². The molecule has 0 heterocycles. The van der Waals surface area contributed by atoms with Crippen molar-refractivity contribution in [2.24, 2.45) is 0 Å². The van der Waals surface area contributed by atoms with Crippen LogP contribution in [-0.2, 0) is 0 Å². The number of hydrogen-bond acceptors (Lipinski definition) is 8. The molecule has 0 atom stereocenters. The molecule has 0 aliphatic heterocycles. The van der Waals surface area contributed by atoms with Crippen molar-refractivity contribution < 1.29 is 37.9 Å². The van der Waals surface area contributed by atoms with Crippen molar-refractivity contribution in [1.29, 1.82) is 0 Å². The van der Waals surface area contributed by atoms with Crippen molar-refractivity contribution in [3.63, 3.8) is 0 Å². The van der Waals surface area contributed by atoms with Crippen LogP contribution in [0.2, 0.25) is 19.6 Å². The summed E-state index contributed by atoms with van der Waals surface area (Å²) in [6.07, 6.45) is 101. The minimum absolute atomic E-state index is 0.560. The normalized spacial score (nSPS) is 11.3. The fourth-order valence-electron chi connectivity index (χ4n) is 18.7. The highest BCUT2D eigenvalue weighted by Gasteiger charge is 2.20. The first-order valence-corrected chi connectivity index (χ1v) is 65.5. The van der Waals surface area contributed by atoms with Crippen LogP contribution >= 0.6 is 22.6 Å². The molecular weight excluding hydrogens is 1860 g/mol. The molecule has 8 nitrogen and oxygen atoms in total. The van der Waals surface area contributed by atoms with E-state index >= 15 is 0 Å². The molecule has 0 saturated carbocycles. The summed E-state index contributed by atoms with van der Waals surface area (Å²) in [6.45, 7) is 30.2. The van der Waals surface area contributed by atoms with Crippen LogP contribution in [0.3, 0.4) is 0 Å². The summed E-state index contributed by atoms with van der Waals surface area (Å²) < 4.78 is 57.2. The SMILES string of the molecule is CCCCCCCCCCCCOc1cc(C#Cc2cc(OCCCCCCCCCCCC)c(C#Cc3cc(OCCCCCCCCCCCC)c(C#Cc4cc(OCCCCCCCCCCCC)c(C#C[Si](C)(C)C)cc4OCCCCCCCCCCCC)cc3OCCCCCCCCCCCC)cc2OCCCCCCCCCCCC)c(OCCCCCCCCCCCC)cc1I. The number of hydrogen-bond donors (Lipinski definition) is 0. The second-order valence-electron chi connectivity index (χ2n) is 42.8. The molecule has 4 aromatic carbocycles. The molecule has 800 valence electrons. The summed E-state index contributed by atoms with van der Waals surface area (Å²) in [5, 5.41) is 0. The zero-order valence-electron chi connectivity index (χ0n) is 94.0. The van der Waals surface area contributed by atoms with Gasteiger partial charge < -0.3 is 37.9 Å². The fraction of sp³-hybridized carbons (Fsp3) is 0.756. The number of unbranched alkanes of at least 4 members (excludes halogenated alkanes) is 72. The lowest BCUT2D eigenvalue weighted by Crippen LogP contribution is -2.16. The topological polar surface area (TPSA) is 73.8 Å². The van der Waals surface area contributed by atoms with E-state index in [-0.39, 0.29) is 0 Å². The Morgan fingerprint density at radius 2 is 0.270 bits per heavy atom. The average Bonchev–Trinajstić information content (AvgIpc) is 0.772. The van der Waals surface area contributed by atoms with Crippen LogP contribution in [0.5, 0.6) is 46.0 Å². The first-order chi connectivity index (χ1) is 69.4. The van der Waals surface area contributed by atoms with Crippen LogP contribution in [0.4, 0.5) is 0 Å². The molecule has 141 heavy (non-hydrogen) atoms. The Kier molecular flexibility index (Phi) is 84.3. The van der Waals surface area contributed by atoms with Gasteiger partial charge in [0.25, 0.3) is 0 Å². The number of rotatable bonds is 96. The van der Waals surface area contributed by atoms with Gasteiger partial charge in [0, 0.05) is 42.5 Å². The lowest BCUT2D eigenvalue weighted by atomic mass is 10.0. The van der Waals surface area contributed by atoms with Gasteiger partial charge >= 0.3 is 0 Å². The summed E-state index contributed by atoms with van der Waals surface area (Å²) in [7, 11) is -1.80. The smallest absolute Gasteiger partial charge is 0.136 e. The van der Waals surface area contributed by atoms with Crippen LogP contribution in [0.25, 0.3) is 0 Å². The molecule has 0 bridgehead atoms. The van der Waals surface area contributed by atoms with Gasteiger partial charge in [0.05, 0.1) is 95.4 Å². The van der Waals surface area contributed by atoms with Gasteiger partial charge in [-0.15, -0.1) is 5.54 Å². The minimum atomic E-state index is -1.80. The predicted molar refractivity (Wildman–Crippen MR) is 625 cm³/mol. The van der Waals surface area contributed by atoms with Crippen molar-refractivity contribution in [3.8, 4) is 93.0 Å². The van der Waals surface area contributed by atoms with Crippen LogP contribution in [-0.4, -0.2) is 60.9 Å². The Morgan fingerprint density at radius 1 is 0.156 bits per heavy atom. The summed E-state index contributed by atoms with van der Waals surface area (Å²) in [5.41, 5.74) is 9.27. The maximum atomic E-state index is 7.18. The van der Waals surface area contributed by atoms with Gasteiger partial charge in [-0.05, 0) is 80.0 Å². The Labute approximate surface area is 887 Å². The van der Waals surface area contributed by atoms with Gasteiger partial charge in [-0.25, -0.2) is 0 Å². The molecule has 0 aliphatic rings. The Hall–Kier alpha value is -5.53. The van der Waals surface area contributed by atoms with E-state index in [1.54, 1.807) is 0 Å². The van der Waals surface area contributed by atoms with E-state index in [0.717, 1.165) is 162 Å². The van der Waals surface area contributed by atoms with E-state index in [1.807, 2.05) is 0 Å². The zero-order valence-corrected chi connectivity index (χ0v) is 97.1. The monoisotopic (exact) mass is 2070 g/mol. The molecule has 10 heteroatoms. The highest BCUT2D eigenvalue weighted by Crippen LogP contribution is 2.37. The molecular formula is C131H217IO8Si. The molecule has 0 saturated heterocycles. The Bertz CT molecular complexity index is 3880. The van der Waals surface area contributed by atoms with Crippen LogP contribution in [0, 0.1) is 50.6 Å². The van der Waals surface area contributed by atoms with Gasteiger partial charge in [0.2, 0.25) is 0 Å². The standard InChI is InChI=1S/C131H217IO8Si/c1-12-20-28-36-44-52-60-68-76-84-99-133-124-109-118(94-95-120-112-129(138-104-89-81-73-65-57-49-41-33-25-17-6)122(98-107-141(9,10)11)113-128(120)137-103-88-80-72-64-56-48-40-32-24-16-5)125(134-100-85-77-69-61-53-45-37-29-21-13-2)108-116(124)92-93-117-110-127(136-102-87-79-71-63-55-47-39-31-23-15-4)119(111-126(117)135-101-86-78-70-62-54-46-38-30-22-14-3)96-97-121-114-131(140-106-91-83-75-67-59-51-43-35-27-19-8)123(132)115-130(121)139-105-90-82-74-66-58-50-42-34-26-18-7/h108-115H,12-91,99-106H2,1-11H3. The van der Waals surface area contributed by atoms with E-state index in [4.69, 9.17) is 37.9 Å². The molecule has 0 aromatic heterocycles. The van der Waals surface area contributed by atoms with Crippen molar-refractivity contribution in [2.45, 2.75) is 589 Å². The van der Waals surface area contributed by atoms with Crippen molar-refractivity contribution in [3.05, 3.63) is 91.0 Å². The summed E-state index contributed by atoms with van der Waals surface area (Å²) in [4.78, 5) is 0. The molecule has 0 fully saturated rings. The molecule has 0 N–H and O–H groups in total. The first kappa shape index (κ1) is 128. The summed E-state index contributed by atoms with van der Waals surface area (Å²) in [5.74, 6) is 32.3. The van der Waals surface area contributed by atoms with Crippen molar-refractivity contribution in [2.75, 3.05) is 52.9 Å². The van der Waals surface area contributed by atoms with Crippen LogP contribution in [0.1, 0.15) is 608 Å². The van der Waals surface area contributed by atoms with E-state index < -0.39 is 8.07 Å². The largest absolute Gasteiger partial charge is 0.492 e. The maximum Gasteiger partial charge on any atom is 0.136 e. The Balaban J connectivity index is 2.07. The van der Waals surface area contributed by atoms with Gasteiger partial charge in [-0.1, -0.05) is 579 Å². The fourth-order valence-corrected chi connectivity index (χ4v) is 19.8. The maximum absolute atomic E-state index is 7.18. The first-order valence-electron chi connectivity index (χ1n) is 60.9. The van der Waals surface area contributed by atoms with E-state index in [9.17, 15) is 0 Å². The third-order valence-corrected chi connectivity index (χ3v) is 29.6. The van der Waals surface area contributed by atoms with Gasteiger partial charge in [-0.3, -0.25) is 0 Å². The number of benzene rings is 4. The molecule has 0 radical (unpaired) electrons. The quantitative estimate of drug-likeness (QED) is 0.0187. The van der Waals surface area contributed by atoms with Crippen LogP contribution in [0.15, 0.2) is 48.5 Å². The van der Waals surface area contributed by atoms with E-state index in [0.29, 0.717) is 75.9 Å². The number of halogens is 1. The molecule has 0 aliphatic carbocycles. The lowest BCUT2D eigenvalue weighted by Gasteiger charge is -2.15. The molecule has 0 unspecified atom stereocenters. The van der Waals surface area contributed by atoms with Gasteiger partial charge in [-0.2, -0.15) is 0 Å². The van der Waals surface area contributed by atoms with Gasteiger partial charge in [0.15, 0.2) is 0 Å². The van der Waals surface area contributed by atoms with E-state index in [2.05, 4.69) is 193 Å². The third kappa shape index (κ3) is 70.1. The molecule has 4 rings (SSSR count). The second kappa shape index (κ2) is 93.0. The molecule has 4 aromatic rings. The molecule has 0 amide bonds. The zero-order chi connectivity index (χ0) is 101. The predicted octanol–water partition coefficient (Wildman–Crippen LogP) is 42.1. The highest BCUT2D eigenvalue weighted by molar-refractivity contribution is 14.1. The van der Waals surface area contributed by atoms with Gasteiger partial charge in [0.1, 0.15) is 54.1 Å². The summed E-state index contributed by atoms with van der Waals surface area (Å²) in [6, 6.07) is 17.2. The third-order valence-electron chi connectivity index (χ3n) is 27.9. The average molecular weight is 2080 g/mol. The highest BCUT2D eigenvalue weighted by atomic mass is 127. The minimum Gasteiger partial charge on any atom is -0.492 e. The second-order valence-corrected chi connectivity index (χ2v) is 48.7. The van der Waals surface area contributed by atoms with Crippen LogP contribution < -0.4 is 37.9 Å². The molecule has 0 spiro atoms. The lowest BCUT2D eigenvalue weighted by molar-refractivity contribution is 0.294. The Morgan fingerprint density at radius 3 is 0.411 bits per heavy atom. The van der Waals surface area contributed by atoms with Crippen molar-refractivity contribution >= 4 is 30.7 Å². The van der Waals surface area contributed by atoms with E-state index in [1.165, 1.54) is 417 Å². The summed E-state index contributed by atoms with van der Waals surface area (Å²) >= 11 is 2.46. The number of ether oxygens (including phenoxy) is 8.